The Kier molecular flexibility index (Phi) is 3.06. The first-order valence-corrected chi connectivity index (χ1v) is 5.90. The number of hydrogen-bond acceptors (Lipinski definition) is 3. The molecular weight excluding hydrogens is 236 g/mol. The molecule has 0 unspecified atom stereocenters. The van der Waals surface area contributed by atoms with Crippen molar-refractivity contribution in [2.75, 3.05) is 0 Å². The van der Waals surface area contributed by atoms with E-state index in [-0.39, 0.29) is 16.2 Å². The van der Waals surface area contributed by atoms with Crippen LogP contribution in [0.25, 0.3) is 0 Å². The van der Waals surface area contributed by atoms with Gasteiger partial charge >= 0.3 is 5.97 Å². The average molecular weight is 246 g/mol. The maximum Gasteiger partial charge on any atom is 0.346 e. The lowest BCUT2D eigenvalue weighted by atomic mass is 10.00. The summed E-state index contributed by atoms with van der Waals surface area (Å²) in [5.74, 6) is -1.29. The van der Waals surface area contributed by atoms with E-state index < -0.39 is 5.97 Å². The Labute approximate surface area is 102 Å². The highest BCUT2D eigenvalue weighted by molar-refractivity contribution is 7.12. The van der Waals surface area contributed by atoms with Crippen LogP contribution in [-0.2, 0) is 0 Å². The number of benzene rings is 1. The number of hydrogen-bond donors (Lipinski definition) is 1. The highest BCUT2D eigenvalue weighted by atomic mass is 32.1. The summed E-state index contributed by atoms with van der Waals surface area (Å²) in [6.07, 6.45) is 0. The van der Waals surface area contributed by atoms with Gasteiger partial charge in [0.05, 0.1) is 0 Å². The SMILES string of the molecule is Cc1ccccc1C(=O)c1ccsc1C(=O)O. The molecule has 1 heterocycles. The second kappa shape index (κ2) is 4.51. The van der Waals surface area contributed by atoms with E-state index in [1.165, 1.54) is 0 Å². The van der Waals surface area contributed by atoms with Crippen molar-refractivity contribution in [1.29, 1.82) is 0 Å². The molecule has 0 fully saturated rings. The monoisotopic (exact) mass is 246 g/mol. The van der Waals surface area contributed by atoms with Crippen molar-refractivity contribution in [2.45, 2.75) is 6.92 Å². The molecule has 1 N–H and O–H groups in total. The Morgan fingerprint density at radius 2 is 1.82 bits per heavy atom. The van der Waals surface area contributed by atoms with E-state index in [0.29, 0.717) is 5.56 Å². The highest BCUT2D eigenvalue weighted by Crippen LogP contribution is 2.21. The molecule has 3 nitrogen and oxygen atoms in total. The van der Waals surface area contributed by atoms with E-state index in [9.17, 15) is 9.59 Å². The second-order valence-electron chi connectivity index (χ2n) is 3.61. The van der Waals surface area contributed by atoms with Gasteiger partial charge in [-0.2, -0.15) is 0 Å². The standard InChI is InChI=1S/C13H10O3S/c1-8-4-2-3-5-9(8)11(14)10-6-7-17-12(10)13(15)16/h2-7H,1H3,(H,15,16). The van der Waals surface area contributed by atoms with Gasteiger partial charge in [0.15, 0.2) is 5.78 Å². The van der Waals surface area contributed by atoms with Crippen molar-refractivity contribution in [3.05, 3.63) is 57.3 Å². The van der Waals surface area contributed by atoms with Crippen molar-refractivity contribution < 1.29 is 14.7 Å². The van der Waals surface area contributed by atoms with Crippen molar-refractivity contribution in [1.82, 2.24) is 0 Å². The molecule has 0 spiro atoms. The summed E-state index contributed by atoms with van der Waals surface area (Å²) in [6.45, 7) is 1.83. The third kappa shape index (κ3) is 2.12. The van der Waals surface area contributed by atoms with Gasteiger partial charge < -0.3 is 5.11 Å². The number of aromatic carboxylic acids is 1. The molecule has 0 aliphatic rings. The number of rotatable bonds is 3. The Hall–Kier alpha value is -1.94. The van der Waals surface area contributed by atoms with Gasteiger partial charge in [0.1, 0.15) is 4.88 Å². The smallest absolute Gasteiger partial charge is 0.346 e. The molecule has 1 aromatic carbocycles. The number of carboxylic acids is 1. The summed E-state index contributed by atoms with van der Waals surface area (Å²) in [5, 5.41) is 10.6. The fourth-order valence-corrected chi connectivity index (χ4v) is 2.36. The summed E-state index contributed by atoms with van der Waals surface area (Å²) in [6, 6.07) is 8.72. The van der Waals surface area contributed by atoms with Gasteiger partial charge in [-0.3, -0.25) is 4.79 Å². The first-order valence-electron chi connectivity index (χ1n) is 5.02. The summed E-state index contributed by atoms with van der Waals surface area (Å²) in [5.41, 5.74) is 1.66. The van der Waals surface area contributed by atoms with E-state index in [1.807, 2.05) is 19.1 Å². The Balaban J connectivity index is 2.48. The maximum atomic E-state index is 12.2. The predicted molar refractivity (Wildman–Crippen MR) is 65.9 cm³/mol. The molecule has 0 aliphatic heterocycles. The van der Waals surface area contributed by atoms with Crippen LogP contribution in [0.4, 0.5) is 0 Å². The zero-order valence-electron chi connectivity index (χ0n) is 9.14. The van der Waals surface area contributed by atoms with E-state index in [2.05, 4.69) is 0 Å². The number of ketones is 1. The minimum absolute atomic E-state index is 0.0956. The number of carbonyl (C=O) groups is 2. The Bertz CT molecular complexity index is 584. The minimum Gasteiger partial charge on any atom is -0.477 e. The van der Waals surface area contributed by atoms with Crippen LogP contribution >= 0.6 is 11.3 Å². The van der Waals surface area contributed by atoms with Crippen molar-refractivity contribution in [3.8, 4) is 0 Å². The van der Waals surface area contributed by atoms with E-state index in [1.54, 1.807) is 23.6 Å². The minimum atomic E-state index is -1.06. The van der Waals surface area contributed by atoms with Crippen LogP contribution < -0.4 is 0 Å². The van der Waals surface area contributed by atoms with Crippen LogP contribution in [0, 0.1) is 6.92 Å². The summed E-state index contributed by atoms with van der Waals surface area (Å²) in [7, 11) is 0. The predicted octanol–water partition coefficient (Wildman–Crippen LogP) is 2.99. The zero-order chi connectivity index (χ0) is 12.4. The van der Waals surface area contributed by atoms with Crippen molar-refractivity contribution in [3.63, 3.8) is 0 Å². The quantitative estimate of drug-likeness (QED) is 0.847. The number of carboxylic acid groups (broad SMARTS) is 1. The van der Waals surface area contributed by atoms with Crippen LogP contribution in [0.5, 0.6) is 0 Å². The van der Waals surface area contributed by atoms with Crippen LogP contribution in [0.15, 0.2) is 35.7 Å². The lowest BCUT2D eigenvalue weighted by Gasteiger charge is -2.03. The number of carbonyl (C=O) groups excluding carboxylic acids is 1. The van der Waals surface area contributed by atoms with Gasteiger partial charge in [-0.25, -0.2) is 4.79 Å². The first-order chi connectivity index (χ1) is 8.11. The molecule has 86 valence electrons. The van der Waals surface area contributed by atoms with Crippen LogP contribution in [0.2, 0.25) is 0 Å². The lowest BCUT2D eigenvalue weighted by Crippen LogP contribution is -2.07. The van der Waals surface area contributed by atoms with Gasteiger partial charge in [0, 0.05) is 11.1 Å². The zero-order valence-corrected chi connectivity index (χ0v) is 9.95. The summed E-state index contributed by atoms with van der Waals surface area (Å²) in [4.78, 5) is 23.3. The summed E-state index contributed by atoms with van der Waals surface area (Å²) < 4.78 is 0. The molecule has 17 heavy (non-hydrogen) atoms. The molecule has 1 aromatic heterocycles. The van der Waals surface area contributed by atoms with Crippen molar-refractivity contribution in [2.24, 2.45) is 0 Å². The normalized spacial score (nSPS) is 10.2. The number of aryl methyl sites for hydroxylation is 1. The Morgan fingerprint density at radius 3 is 2.47 bits per heavy atom. The van der Waals surface area contributed by atoms with Gasteiger partial charge in [-0.15, -0.1) is 11.3 Å². The maximum absolute atomic E-state index is 12.2. The second-order valence-corrected chi connectivity index (χ2v) is 4.53. The van der Waals surface area contributed by atoms with Crippen molar-refractivity contribution >= 4 is 23.1 Å². The molecule has 0 amide bonds. The highest BCUT2D eigenvalue weighted by Gasteiger charge is 2.20. The molecule has 0 bridgehead atoms. The summed E-state index contributed by atoms with van der Waals surface area (Å²) >= 11 is 1.07. The van der Waals surface area contributed by atoms with Crippen LogP contribution in [0.1, 0.15) is 31.2 Å². The van der Waals surface area contributed by atoms with E-state index >= 15 is 0 Å². The molecule has 4 heteroatoms. The van der Waals surface area contributed by atoms with Gasteiger partial charge in [0.2, 0.25) is 0 Å². The van der Waals surface area contributed by atoms with Crippen LogP contribution in [0.3, 0.4) is 0 Å². The Morgan fingerprint density at radius 1 is 1.12 bits per heavy atom. The van der Waals surface area contributed by atoms with Gasteiger partial charge in [-0.05, 0) is 23.9 Å². The third-order valence-electron chi connectivity index (χ3n) is 2.49. The molecule has 0 aliphatic carbocycles. The van der Waals surface area contributed by atoms with Gasteiger partial charge in [0.25, 0.3) is 0 Å². The van der Waals surface area contributed by atoms with E-state index in [4.69, 9.17) is 5.11 Å². The van der Waals surface area contributed by atoms with Crippen LogP contribution in [-0.4, -0.2) is 16.9 Å². The molecular formula is C13H10O3S. The topological polar surface area (TPSA) is 54.4 Å². The molecule has 0 atom stereocenters. The van der Waals surface area contributed by atoms with Gasteiger partial charge in [-0.1, -0.05) is 24.3 Å². The average Bonchev–Trinajstić information content (AvgIpc) is 2.77. The largest absolute Gasteiger partial charge is 0.477 e. The van der Waals surface area contributed by atoms with E-state index in [0.717, 1.165) is 16.9 Å². The molecule has 2 rings (SSSR count). The molecule has 0 saturated carbocycles. The molecule has 0 saturated heterocycles. The fourth-order valence-electron chi connectivity index (χ4n) is 1.63. The fraction of sp³-hybridized carbons (Fsp3) is 0.0769. The lowest BCUT2D eigenvalue weighted by molar-refractivity contribution is 0.0698. The first kappa shape index (κ1) is 11.5. The third-order valence-corrected chi connectivity index (χ3v) is 3.40. The molecule has 0 radical (unpaired) electrons. The molecule has 2 aromatic rings. The number of thiophene rings is 1.